The third kappa shape index (κ3) is 16.7. The van der Waals surface area contributed by atoms with Gasteiger partial charge in [0, 0.05) is 18.7 Å². The van der Waals surface area contributed by atoms with E-state index >= 15 is 0 Å². The fourth-order valence-corrected chi connectivity index (χ4v) is 10.4. The summed E-state index contributed by atoms with van der Waals surface area (Å²) in [5.41, 5.74) is 0.243. The molecule has 0 fully saturated rings. The molecule has 26 nitrogen and oxygen atoms in total. The fourth-order valence-electron chi connectivity index (χ4n) is 5.40. The van der Waals surface area contributed by atoms with E-state index in [-0.39, 0.29) is 16.2 Å². The number of carbonyl (C=O) groups excluding carboxylic acids is 10. The largest absolute Gasteiger partial charge is 0.450 e. The van der Waals surface area contributed by atoms with Gasteiger partial charge in [-0.2, -0.15) is 0 Å². The summed E-state index contributed by atoms with van der Waals surface area (Å²) < 4.78 is 102. The predicted molar refractivity (Wildman–Crippen MR) is 234 cm³/mol. The van der Waals surface area contributed by atoms with Crippen LogP contribution >= 0.6 is 11.3 Å². The van der Waals surface area contributed by atoms with Gasteiger partial charge in [0.15, 0.2) is 70.9 Å². The van der Waals surface area contributed by atoms with Gasteiger partial charge in [0.2, 0.25) is 0 Å². The Bertz CT molecular complexity index is 2370. The van der Waals surface area contributed by atoms with Crippen LogP contribution in [0, 0.1) is 0 Å². The Kier molecular flexibility index (Phi) is 22.3. The van der Waals surface area contributed by atoms with Gasteiger partial charge in [-0.25, -0.2) is 64.7 Å². The Balaban J connectivity index is 1.84. The number of thiophene rings is 1. The molecule has 0 spiro atoms. The van der Waals surface area contributed by atoms with E-state index in [0.717, 1.165) is 61.5 Å². The molecular weight excluding hydrogens is 1000 g/mol. The molecule has 2 heterocycles. The molecule has 0 aliphatic carbocycles. The summed E-state index contributed by atoms with van der Waals surface area (Å²) in [5.74, 6) is -12.3. The Morgan fingerprint density at radius 3 is 1.13 bits per heavy atom. The van der Waals surface area contributed by atoms with E-state index in [4.69, 9.17) is 47.4 Å². The second-order valence-corrected chi connectivity index (χ2v) is 21.1. The molecule has 1 aliphatic rings. The summed E-state index contributed by atoms with van der Waals surface area (Å²) in [6, 6.07) is 0.702. The molecule has 1 aromatic heterocycles. The second kappa shape index (κ2) is 25.9. The quantitative estimate of drug-likeness (QED) is 0.103. The molecular formula is C41H58N2O24S3. The molecule has 0 radical (unpaired) electrons. The average Bonchev–Trinajstić information content (AvgIpc) is 3.76. The number of nitrogens with one attached hydrogen (secondary N) is 2. The first kappa shape index (κ1) is 60.3. The van der Waals surface area contributed by atoms with Crippen molar-refractivity contribution in [2.24, 2.45) is 0 Å². The smallest absolute Gasteiger partial charge is 0.347 e. The Morgan fingerprint density at radius 1 is 0.557 bits per heavy atom. The number of carbonyl (C=O) groups is 10. The molecule has 10 unspecified atom stereocenters. The first-order valence-corrected chi connectivity index (χ1v) is 25.2. The van der Waals surface area contributed by atoms with Crippen LogP contribution < -0.4 is 10.0 Å². The fraction of sp³-hybridized carbons (Fsp3) is 0.659. The monoisotopic (exact) mass is 1060 g/mol. The molecule has 70 heavy (non-hydrogen) atoms. The second-order valence-electron chi connectivity index (χ2n) is 15.6. The van der Waals surface area contributed by atoms with Gasteiger partial charge in [0.05, 0.1) is 5.25 Å². The summed E-state index contributed by atoms with van der Waals surface area (Å²) in [5, 5.41) is 2.31. The van der Waals surface area contributed by atoms with E-state index in [2.05, 4.69) is 5.32 Å². The predicted octanol–water partition coefficient (Wildman–Crippen LogP) is 0.190. The van der Waals surface area contributed by atoms with Crippen molar-refractivity contribution in [1.29, 1.82) is 0 Å². The van der Waals surface area contributed by atoms with Crippen LogP contribution in [0.4, 0.5) is 0 Å². The maximum absolute atomic E-state index is 13.1. The number of sulfone groups is 1. The van der Waals surface area contributed by atoms with Crippen molar-refractivity contribution in [2.75, 3.05) is 13.7 Å². The van der Waals surface area contributed by atoms with Gasteiger partial charge < -0.3 is 52.7 Å². The molecule has 29 heteroatoms. The molecule has 0 saturated carbocycles. The number of rotatable bonds is 24. The highest BCUT2D eigenvalue weighted by molar-refractivity contribution is 7.95. The zero-order valence-corrected chi connectivity index (χ0v) is 42.9. The van der Waals surface area contributed by atoms with Gasteiger partial charge in [-0.1, -0.05) is 6.92 Å². The lowest BCUT2D eigenvalue weighted by atomic mass is 10.1. The molecule has 394 valence electrons. The Labute approximate surface area is 407 Å². The highest BCUT2D eigenvalue weighted by atomic mass is 32.3. The van der Waals surface area contributed by atoms with Gasteiger partial charge in [0.25, 0.3) is 15.9 Å². The van der Waals surface area contributed by atoms with Crippen molar-refractivity contribution in [3.63, 3.8) is 0 Å². The molecule has 1 aliphatic heterocycles. The first-order valence-electron chi connectivity index (χ1n) is 21.3. The lowest BCUT2D eigenvalue weighted by Crippen LogP contribution is -2.42. The molecule has 1 amide bonds. The van der Waals surface area contributed by atoms with Crippen molar-refractivity contribution in [2.45, 2.75) is 170 Å². The van der Waals surface area contributed by atoms with E-state index in [1.807, 2.05) is 0 Å². The van der Waals surface area contributed by atoms with Crippen molar-refractivity contribution in [3.8, 4) is 0 Å². The van der Waals surface area contributed by atoms with Crippen molar-refractivity contribution in [1.82, 2.24) is 10.0 Å². The van der Waals surface area contributed by atoms with Crippen LogP contribution in [-0.4, -0.2) is 156 Å². The zero-order valence-electron chi connectivity index (χ0n) is 40.4. The molecule has 2 N–H and O–H groups in total. The number of amides is 1. The lowest BCUT2D eigenvalue weighted by molar-refractivity contribution is -0.189. The Morgan fingerprint density at radius 2 is 0.843 bits per heavy atom. The van der Waals surface area contributed by atoms with Gasteiger partial charge in [-0.3, -0.25) is 4.79 Å². The highest BCUT2D eigenvalue weighted by Gasteiger charge is 2.41. The highest BCUT2D eigenvalue weighted by Crippen LogP contribution is 2.42. The van der Waals surface area contributed by atoms with E-state index in [1.165, 1.54) is 27.9 Å². The third-order valence-electron chi connectivity index (χ3n) is 9.73. The Hall–Kier alpha value is -5.78. The normalized spacial score (nSPS) is 19.4. The van der Waals surface area contributed by atoms with Crippen LogP contribution in [-0.2, 0) is 115 Å². The summed E-state index contributed by atoms with van der Waals surface area (Å²) in [6.45, 7) is 14.7. The molecule has 0 saturated heterocycles. The van der Waals surface area contributed by atoms with Gasteiger partial charge in [0.1, 0.15) is 8.42 Å². The summed E-state index contributed by atoms with van der Waals surface area (Å²) in [7, 11) is -7.25. The van der Waals surface area contributed by atoms with E-state index < -0.39 is 156 Å². The third-order valence-corrected chi connectivity index (χ3v) is 15.4. The molecule has 0 bridgehead atoms. The van der Waals surface area contributed by atoms with Crippen LogP contribution in [0.2, 0.25) is 0 Å². The van der Waals surface area contributed by atoms with Crippen LogP contribution in [0.15, 0.2) is 14.5 Å². The summed E-state index contributed by atoms with van der Waals surface area (Å²) >= 11 is 0.468. The average molecular weight is 1060 g/mol. The maximum atomic E-state index is 13.1. The number of hydrogen-bond donors (Lipinski definition) is 2. The summed E-state index contributed by atoms with van der Waals surface area (Å²) in [4.78, 5) is 125. The SMILES string of the molecule is CCN[C@H]1C[C@H](C)S(=O)(=O)c2sc(S(=O)(=O)NC(=O)C(C)OC(=O)C(C)OC(=O)C(C)OC(=O)C(C)OC(=O)C(C)OC(=O)C(C)OC(=O)C(C)OC(=O)C(C)OC(=O)C(C)OC(=O)C(C)OC)cc21. The number of sulfonamides is 1. The topological polar surface area (TPSA) is 355 Å². The maximum Gasteiger partial charge on any atom is 0.347 e. The molecule has 12 atom stereocenters. The van der Waals surface area contributed by atoms with E-state index in [0.29, 0.717) is 17.9 Å². The van der Waals surface area contributed by atoms with E-state index in [9.17, 15) is 64.8 Å². The minimum Gasteiger partial charge on any atom is -0.450 e. The number of hydrogen-bond acceptors (Lipinski definition) is 26. The van der Waals surface area contributed by atoms with Gasteiger partial charge >= 0.3 is 53.7 Å². The zero-order chi connectivity index (χ0) is 53.7. The van der Waals surface area contributed by atoms with Crippen LogP contribution in [0.5, 0.6) is 0 Å². The molecule has 1 aromatic rings. The van der Waals surface area contributed by atoms with E-state index in [1.54, 1.807) is 11.6 Å². The number of esters is 9. The van der Waals surface area contributed by atoms with Crippen molar-refractivity contribution >= 4 is 90.8 Å². The number of fused-ring (bicyclic) bond motifs is 1. The number of methoxy groups -OCH3 is 1. The number of ether oxygens (including phenoxy) is 10. The minimum atomic E-state index is -4.65. The van der Waals surface area contributed by atoms with Crippen molar-refractivity contribution < 1.29 is 112 Å². The standard InChI is InChI=1S/C41H58N2O24S3/c1-14-42-29-15-17(2)69(54,55)41-28(29)16-30(68-41)70(56,57)43-31(44)18(3)59-33(46)20(5)61-35(48)22(7)63-37(50)24(9)65-39(52)26(11)67-40(53)27(12)66-38(51)25(10)64-36(49)23(8)62-34(47)21(6)60-32(45)19(4)58-13/h16-27,29,42H,14-15H2,1-13H3,(H,43,44)/t17-,18?,19?,20?,21?,22?,23?,24?,25?,26?,27?,29-/m0/s1. The minimum absolute atomic E-state index is 0.153. The van der Waals surface area contributed by atoms with Crippen LogP contribution in [0.3, 0.4) is 0 Å². The summed E-state index contributed by atoms with van der Waals surface area (Å²) in [6.07, 6.45) is -15.8. The molecule has 0 aromatic carbocycles. The molecule has 2 rings (SSSR count). The van der Waals surface area contributed by atoms with Crippen LogP contribution in [0.1, 0.15) is 101 Å². The first-order chi connectivity index (χ1) is 32.3. The van der Waals surface area contributed by atoms with Crippen LogP contribution in [0.25, 0.3) is 0 Å². The lowest BCUT2D eigenvalue weighted by Gasteiger charge is -2.27. The van der Waals surface area contributed by atoms with Gasteiger partial charge in [-0.05, 0) is 95.2 Å². The van der Waals surface area contributed by atoms with Gasteiger partial charge in [-0.15, -0.1) is 11.3 Å². The van der Waals surface area contributed by atoms with Crippen molar-refractivity contribution in [3.05, 3.63) is 11.6 Å².